The van der Waals surface area contributed by atoms with Gasteiger partial charge in [-0.2, -0.15) is 0 Å². The van der Waals surface area contributed by atoms with Gasteiger partial charge in [0.15, 0.2) is 0 Å². The van der Waals surface area contributed by atoms with Crippen LogP contribution in [0.4, 0.5) is 0 Å². The van der Waals surface area contributed by atoms with Gasteiger partial charge in [0.2, 0.25) is 0 Å². The van der Waals surface area contributed by atoms with E-state index in [0.717, 1.165) is 24.5 Å². The molecule has 0 saturated carbocycles. The molecule has 4 heteroatoms. The molecule has 0 aliphatic heterocycles. The molecule has 1 atom stereocenters. The Labute approximate surface area is 120 Å². The third kappa shape index (κ3) is 4.31. The lowest BCUT2D eigenvalue weighted by Crippen LogP contribution is -2.17. The first-order valence-corrected chi connectivity index (χ1v) is 6.84. The van der Waals surface area contributed by atoms with Crippen LogP contribution in [-0.2, 0) is 13.0 Å². The maximum absolute atomic E-state index is 5.79. The maximum Gasteiger partial charge on any atom is 0.119 e. The predicted molar refractivity (Wildman–Crippen MR) is 80.3 cm³/mol. The predicted octanol–water partition coefficient (Wildman–Crippen LogP) is 2.47. The third-order valence-electron chi connectivity index (χ3n) is 3.05. The van der Waals surface area contributed by atoms with Crippen LogP contribution in [0, 0.1) is 0 Å². The largest absolute Gasteiger partial charge is 0.497 e. The van der Waals surface area contributed by atoms with Gasteiger partial charge in [-0.1, -0.05) is 0 Å². The van der Waals surface area contributed by atoms with Crippen molar-refractivity contribution in [2.45, 2.75) is 25.9 Å². The molecule has 0 amide bonds. The Kier molecular flexibility index (Phi) is 5.07. The SMILES string of the molecule is COc1ccc(OCCn2ccc(CC(C)N)c2)cc1. The smallest absolute Gasteiger partial charge is 0.119 e. The van der Waals surface area contributed by atoms with Crippen LogP contribution in [0.15, 0.2) is 42.7 Å². The van der Waals surface area contributed by atoms with Crippen molar-refractivity contribution in [3.63, 3.8) is 0 Å². The third-order valence-corrected chi connectivity index (χ3v) is 3.05. The number of methoxy groups -OCH3 is 1. The van der Waals surface area contributed by atoms with E-state index in [1.54, 1.807) is 7.11 Å². The van der Waals surface area contributed by atoms with Gasteiger partial charge in [0, 0.05) is 18.4 Å². The van der Waals surface area contributed by atoms with E-state index in [9.17, 15) is 0 Å². The van der Waals surface area contributed by atoms with Crippen molar-refractivity contribution < 1.29 is 9.47 Å². The van der Waals surface area contributed by atoms with Gasteiger partial charge in [0.1, 0.15) is 18.1 Å². The van der Waals surface area contributed by atoms with E-state index >= 15 is 0 Å². The average Bonchev–Trinajstić information content (AvgIpc) is 2.86. The zero-order valence-corrected chi connectivity index (χ0v) is 12.1. The number of nitrogens with zero attached hydrogens (tertiary/aromatic N) is 1. The van der Waals surface area contributed by atoms with Gasteiger partial charge in [-0.05, 0) is 49.2 Å². The Morgan fingerprint density at radius 2 is 1.85 bits per heavy atom. The summed E-state index contributed by atoms with van der Waals surface area (Å²) in [4.78, 5) is 0. The number of rotatable bonds is 7. The molecular weight excluding hydrogens is 252 g/mol. The van der Waals surface area contributed by atoms with Crippen LogP contribution < -0.4 is 15.2 Å². The summed E-state index contributed by atoms with van der Waals surface area (Å²) in [6.45, 7) is 3.48. The Morgan fingerprint density at radius 1 is 1.15 bits per heavy atom. The van der Waals surface area contributed by atoms with Gasteiger partial charge < -0.3 is 19.8 Å². The Morgan fingerprint density at radius 3 is 2.50 bits per heavy atom. The fraction of sp³-hybridized carbons (Fsp3) is 0.375. The van der Waals surface area contributed by atoms with Crippen molar-refractivity contribution in [1.82, 2.24) is 4.57 Å². The molecule has 2 rings (SSSR count). The molecule has 0 aliphatic rings. The van der Waals surface area contributed by atoms with E-state index in [4.69, 9.17) is 15.2 Å². The number of nitrogens with two attached hydrogens (primary N) is 1. The minimum Gasteiger partial charge on any atom is -0.497 e. The van der Waals surface area contributed by atoms with Crippen LogP contribution in [0.1, 0.15) is 12.5 Å². The van der Waals surface area contributed by atoms with Crippen molar-refractivity contribution in [3.8, 4) is 11.5 Å². The monoisotopic (exact) mass is 274 g/mol. The van der Waals surface area contributed by atoms with Crippen molar-refractivity contribution >= 4 is 0 Å². The van der Waals surface area contributed by atoms with E-state index in [2.05, 4.69) is 23.0 Å². The van der Waals surface area contributed by atoms with Gasteiger partial charge in [0.05, 0.1) is 13.7 Å². The molecule has 1 heterocycles. The average molecular weight is 274 g/mol. The van der Waals surface area contributed by atoms with Crippen LogP contribution in [0.3, 0.4) is 0 Å². The number of ether oxygens (including phenoxy) is 2. The second-order valence-electron chi connectivity index (χ2n) is 4.96. The minimum atomic E-state index is 0.196. The first kappa shape index (κ1) is 14.5. The van der Waals surface area contributed by atoms with E-state index in [1.807, 2.05) is 31.2 Å². The molecule has 2 N–H and O–H groups in total. The molecule has 108 valence electrons. The number of benzene rings is 1. The van der Waals surface area contributed by atoms with Crippen LogP contribution in [0.25, 0.3) is 0 Å². The summed E-state index contributed by atoms with van der Waals surface area (Å²) in [5, 5.41) is 0. The van der Waals surface area contributed by atoms with E-state index < -0.39 is 0 Å². The second kappa shape index (κ2) is 7.01. The van der Waals surface area contributed by atoms with E-state index in [0.29, 0.717) is 6.61 Å². The second-order valence-corrected chi connectivity index (χ2v) is 4.96. The van der Waals surface area contributed by atoms with Crippen LogP contribution in [-0.4, -0.2) is 24.3 Å². The van der Waals surface area contributed by atoms with Crippen LogP contribution in [0.5, 0.6) is 11.5 Å². The molecule has 1 aromatic carbocycles. The van der Waals surface area contributed by atoms with Gasteiger partial charge >= 0.3 is 0 Å². The van der Waals surface area contributed by atoms with Crippen molar-refractivity contribution in [2.75, 3.05) is 13.7 Å². The molecule has 0 saturated heterocycles. The summed E-state index contributed by atoms with van der Waals surface area (Å²) in [6, 6.07) is 9.92. The molecule has 0 aliphatic carbocycles. The van der Waals surface area contributed by atoms with Gasteiger partial charge in [-0.25, -0.2) is 0 Å². The molecule has 20 heavy (non-hydrogen) atoms. The van der Waals surface area contributed by atoms with Crippen LogP contribution >= 0.6 is 0 Å². The van der Waals surface area contributed by atoms with Crippen LogP contribution in [0.2, 0.25) is 0 Å². The lowest BCUT2D eigenvalue weighted by Gasteiger charge is -2.08. The van der Waals surface area contributed by atoms with Crippen molar-refractivity contribution in [2.24, 2.45) is 5.73 Å². The highest BCUT2D eigenvalue weighted by Crippen LogP contribution is 2.17. The zero-order chi connectivity index (χ0) is 14.4. The minimum absolute atomic E-state index is 0.196. The lowest BCUT2D eigenvalue weighted by atomic mass is 10.1. The summed E-state index contributed by atoms with van der Waals surface area (Å²) in [5.74, 6) is 1.69. The number of hydrogen-bond acceptors (Lipinski definition) is 3. The Hall–Kier alpha value is -1.94. The standard InChI is InChI=1S/C16H22N2O2/c1-13(17)11-14-7-8-18(12-14)9-10-20-16-5-3-15(19-2)4-6-16/h3-8,12-13H,9-11,17H2,1-2H3. The Balaban J connectivity index is 1.78. The molecular formula is C16H22N2O2. The molecule has 0 radical (unpaired) electrons. The fourth-order valence-corrected chi connectivity index (χ4v) is 2.06. The topological polar surface area (TPSA) is 49.4 Å². The number of hydrogen-bond donors (Lipinski definition) is 1. The van der Waals surface area contributed by atoms with Crippen molar-refractivity contribution in [3.05, 3.63) is 48.3 Å². The summed E-state index contributed by atoms with van der Waals surface area (Å²) in [7, 11) is 1.65. The maximum atomic E-state index is 5.79. The molecule has 4 nitrogen and oxygen atoms in total. The Bertz CT molecular complexity index is 518. The van der Waals surface area contributed by atoms with Gasteiger partial charge in [-0.3, -0.25) is 0 Å². The number of aromatic nitrogens is 1. The molecule has 0 bridgehead atoms. The summed E-state index contributed by atoms with van der Waals surface area (Å²) in [5.41, 5.74) is 7.06. The molecule has 2 aromatic rings. The highest BCUT2D eigenvalue weighted by atomic mass is 16.5. The molecule has 1 unspecified atom stereocenters. The first-order chi connectivity index (χ1) is 9.67. The lowest BCUT2D eigenvalue weighted by molar-refractivity contribution is 0.298. The molecule has 0 spiro atoms. The molecule has 1 aromatic heterocycles. The molecule has 0 fully saturated rings. The first-order valence-electron chi connectivity index (χ1n) is 6.84. The van der Waals surface area contributed by atoms with E-state index in [1.165, 1.54) is 5.56 Å². The van der Waals surface area contributed by atoms with E-state index in [-0.39, 0.29) is 6.04 Å². The highest BCUT2D eigenvalue weighted by molar-refractivity contribution is 5.31. The van der Waals surface area contributed by atoms with Gasteiger partial charge in [0.25, 0.3) is 0 Å². The fourth-order valence-electron chi connectivity index (χ4n) is 2.06. The highest BCUT2D eigenvalue weighted by Gasteiger charge is 2.01. The normalized spacial score (nSPS) is 12.2. The summed E-state index contributed by atoms with van der Waals surface area (Å²) >= 11 is 0. The van der Waals surface area contributed by atoms with Gasteiger partial charge in [-0.15, -0.1) is 0 Å². The summed E-state index contributed by atoms with van der Waals surface area (Å²) < 4.78 is 12.9. The van der Waals surface area contributed by atoms with Crippen molar-refractivity contribution in [1.29, 1.82) is 0 Å². The quantitative estimate of drug-likeness (QED) is 0.843. The zero-order valence-electron chi connectivity index (χ0n) is 12.1. The summed E-state index contributed by atoms with van der Waals surface area (Å²) in [6.07, 6.45) is 5.10.